The topological polar surface area (TPSA) is 49.8 Å². The van der Waals surface area contributed by atoms with Crippen molar-refractivity contribution >= 4 is 5.97 Å². The molecule has 2 atom stereocenters. The van der Waals surface area contributed by atoms with Gasteiger partial charge in [-0.1, -0.05) is 42.5 Å². The van der Waals surface area contributed by atoms with E-state index in [1.165, 1.54) is 7.11 Å². The molecule has 0 aliphatic heterocycles. The van der Waals surface area contributed by atoms with Crippen LogP contribution in [0.2, 0.25) is 0 Å². The van der Waals surface area contributed by atoms with Gasteiger partial charge in [-0.2, -0.15) is 0 Å². The zero-order valence-electron chi connectivity index (χ0n) is 16.9. The molecule has 2 aromatic rings. The average molecular weight is 370 g/mol. The van der Waals surface area contributed by atoms with Gasteiger partial charge in [-0.3, -0.25) is 4.90 Å². The van der Waals surface area contributed by atoms with Crippen molar-refractivity contribution in [2.24, 2.45) is 0 Å². The van der Waals surface area contributed by atoms with E-state index in [-0.39, 0.29) is 24.0 Å². The van der Waals surface area contributed by atoms with Crippen LogP contribution in [0, 0.1) is 0 Å². The lowest BCUT2D eigenvalue weighted by Crippen LogP contribution is -2.45. The number of aliphatic hydroxyl groups excluding tert-OH is 1. The monoisotopic (exact) mass is 369 g/mol. The van der Waals surface area contributed by atoms with Gasteiger partial charge in [0.05, 0.1) is 12.7 Å². The number of ether oxygens (including phenoxy) is 1. The summed E-state index contributed by atoms with van der Waals surface area (Å²) in [6.45, 7) is 8.38. The molecule has 4 nitrogen and oxygen atoms in total. The number of carbonyl (C=O) groups excluding carboxylic acids is 1. The maximum atomic E-state index is 12.0. The molecule has 0 aliphatic rings. The molecule has 0 amide bonds. The van der Waals surface area contributed by atoms with Gasteiger partial charge in [0.25, 0.3) is 0 Å². The van der Waals surface area contributed by atoms with Crippen LogP contribution in [0.3, 0.4) is 0 Å². The third-order valence-electron chi connectivity index (χ3n) is 4.90. The van der Waals surface area contributed by atoms with Crippen LogP contribution in [-0.2, 0) is 4.74 Å². The Morgan fingerprint density at radius 2 is 1.56 bits per heavy atom. The van der Waals surface area contributed by atoms with Crippen molar-refractivity contribution in [3.8, 4) is 0 Å². The third-order valence-corrected chi connectivity index (χ3v) is 4.90. The minimum Gasteiger partial charge on any atom is -0.465 e. The summed E-state index contributed by atoms with van der Waals surface area (Å²) in [5.41, 5.74) is 2.64. The average Bonchev–Trinajstić information content (AvgIpc) is 2.65. The first-order valence-corrected chi connectivity index (χ1v) is 9.53. The van der Waals surface area contributed by atoms with Crippen LogP contribution in [0.1, 0.15) is 61.5 Å². The Kier molecular flexibility index (Phi) is 7.57. The van der Waals surface area contributed by atoms with E-state index in [4.69, 9.17) is 4.74 Å². The second kappa shape index (κ2) is 9.67. The molecule has 0 aromatic heterocycles. The molecule has 2 unspecified atom stereocenters. The molecule has 2 aromatic carbocycles. The fraction of sp³-hybridized carbons (Fsp3) is 0.435. The molecule has 0 saturated heterocycles. The zero-order chi connectivity index (χ0) is 20.0. The lowest BCUT2D eigenvalue weighted by molar-refractivity contribution is -0.0438. The van der Waals surface area contributed by atoms with Crippen LogP contribution < -0.4 is 0 Å². The summed E-state index contributed by atoms with van der Waals surface area (Å²) in [6.07, 6.45) is -0.0395. The molecule has 1 N–H and O–H groups in total. The van der Waals surface area contributed by atoms with Gasteiger partial charge in [0.1, 0.15) is 6.23 Å². The molecular weight excluding hydrogens is 338 g/mol. The standard InChI is InChI=1S/C23H31NO3/c1-16(2)24(17(3)4)22(25)15-21(18-10-7-6-8-11-18)19-12-9-13-20(14-19)23(26)27-5/h6-14,16-17,21-22,25H,15H2,1-5H3. The fourth-order valence-corrected chi connectivity index (χ4v) is 3.77. The molecule has 0 spiro atoms. The second-order valence-corrected chi connectivity index (χ2v) is 7.43. The van der Waals surface area contributed by atoms with Gasteiger partial charge in [-0.25, -0.2) is 4.79 Å². The predicted octanol–water partition coefficient (Wildman–Crippen LogP) is 4.43. The molecule has 146 valence electrons. The van der Waals surface area contributed by atoms with Gasteiger partial charge in [0.15, 0.2) is 0 Å². The predicted molar refractivity (Wildman–Crippen MR) is 109 cm³/mol. The Morgan fingerprint density at radius 1 is 0.963 bits per heavy atom. The molecule has 0 saturated carbocycles. The van der Waals surface area contributed by atoms with E-state index in [9.17, 15) is 9.90 Å². The summed E-state index contributed by atoms with van der Waals surface area (Å²) in [5, 5.41) is 11.0. The number of nitrogens with zero attached hydrogens (tertiary/aromatic N) is 1. The molecule has 0 bridgehead atoms. The number of esters is 1. The largest absolute Gasteiger partial charge is 0.465 e. The Balaban J connectivity index is 2.40. The maximum Gasteiger partial charge on any atom is 0.337 e. The highest BCUT2D eigenvalue weighted by Crippen LogP contribution is 2.31. The Morgan fingerprint density at radius 3 is 2.11 bits per heavy atom. The van der Waals surface area contributed by atoms with Gasteiger partial charge in [-0.15, -0.1) is 0 Å². The van der Waals surface area contributed by atoms with Gasteiger partial charge in [0.2, 0.25) is 0 Å². The van der Waals surface area contributed by atoms with Crippen LogP contribution in [0.5, 0.6) is 0 Å². The number of rotatable bonds is 8. The zero-order valence-corrected chi connectivity index (χ0v) is 16.9. The van der Waals surface area contributed by atoms with Crippen LogP contribution >= 0.6 is 0 Å². The number of benzene rings is 2. The fourth-order valence-electron chi connectivity index (χ4n) is 3.77. The summed E-state index contributed by atoms with van der Waals surface area (Å²) in [4.78, 5) is 14.1. The van der Waals surface area contributed by atoms with Crippen molar-refractivity contribution in [1.29, 1.82) is 0 Å². The van der Waals surface area contributed by atoms with E-state index in [1.54, 1.807) is 6.07 Å². The summed E-state index contributed by atoms with van der Waals surface area (Å²) >= 11 is 0. The van der Waals surface area contributed by atoms with Gasteiger partial charge in [-0.05, 0) is 57.4 Å². The molecule has 0 fully saturated rings. The van der Waals surface area contributed by atoms with Crippen molar-refractivity contribution in [3.05, 3.63) is 71.3 Å². The molecule has 0 aliphatic carbocycles. The number of aliphatic hydroxyl groups is 1. The van der Waals surface area contributed by atoms with Crippen molar-refractivity contribution < 1.29 is 14.6 Å². The highest BCUT2D eigenvalue weighted by atomic mass is 16.5. The lowest BCUT2D eigenvalue weighted by Gasteiger charge is -2.37. The Labute approximate surface area is 162 Å². The molecular formula is C23H31NO3. The normalized spacial score (nSPS) is 13.8. The Bertz CT molecular complexity index is 719. The molecule has 0 heterocycles. The van der Waals surface area contributed by atoms with Crippen molar-refractivity contribution in [2.45, 2.75) is 58.3 Å². The van der Waals surface area contributed by atoms with Gasteiger partial charge in [0, 0.05) is 18.0 Å². The van der Waals surface area contributed by atoms with Gasteiger partial charge < -0.3 is 9.84 Å². The van der Waals surface area contributed by atoms with E-state index < -0.39 is 6.23 Å². The van der Waals surface area contributed by atoms with Crippen molar-refractivity contribution in [1.82, 2.24) is 4.90 Å². The van der Waals surface area contributed by atoms with E-state index in [0.29, 0.717) is 12.0 Å². The molecule has 27 heavy (non-hydrogen) atoms. The van der Waals surface area contributed by atoms with Crippen LogP contribution in [0.4, 0.5) is 0 Å². The highest BCUT2D eigenvalue weighted by Gasteiger charge is 2.27. The number of hydrogen-bond acceptors (Lipinski definition) is 4. The van der Waals surface area contributed by atoms with Crippen molar-refractivity contribution in [3.63, 3.8) is 0 Å². The first kappa shape index (κ1) is 21.1. The number of methoxy groups -OCH3 is 1. The van der Waals surface area contributed by atoms with E-state index in [1.807, 2.05) is 36.4 Å². The summed E-state index contributed by atoms with van der Waals surface area (Å²) < 4.78 is 4.86. The Hall–Kier alpha value is -2.17. The SMILES string of the molecule is COC(=O)c1cccc(C(CC(O)N(C(C)C)C(C)C)c2ccccc2)c1. The first-order chi connectivity index (χ1) is 12.8. The van der Waals surface area contributed by atoms with Crippen LogP contribution in [-0.4, -0.2) is 41.4 Å². The van der Waals surface area contributed by atoms with E-state index in [0.717, 1.165) is 11.1 Å². The smallest absolute Gasteiger partial charge is 0.337 e. The van der Waals surface area contributed by atoms with Crippen LogP contribution in [0.25, 0.3) is 0 Å². The first-order valence-electron chi connectivity index (χ1n) is 9.53. The quantitative estimate of drug-likeness (QED) is 0.552. The summed E-state index contributed by atoms with van der Waals surface area (Å²) in [7, 11) is 1.39. The molecule has 2 rings (SSSR count). The van der Waals surface area contributed by atoms with Crippen molar-refractivity contribution in [2.75, 3.05) is 7.11 Å². The summed E-state index contributed by atoms with van der Waals surface area (Å²) in [6, 6.07) is 18.1. The van der Waals surface area contributed by atoms with Gasteiger partial charge >= 0.3 is 5.97 Å². The summed E-state index contributed by atoms with van der Waals surface area (Å²) in [5.74, 6) is -0.374. The third kappa shape index (κ3) is 5.41. The molecule has 4 heteroatoms. The maximum absolute atomic E-state index is 12.0. The van der Waals surface area contributed by atoms with Crippen LogP contribution in [0.15, 0.2) is 54.6 Å². The number of hydrogen-bond donors (Lipinski definition) is 1. The second-order valence-electron chi connectivity index (χ2n) is 7.43. The van der Waals surface area contributed by atoms with E-state index in [2.05, 4.69) is 44.7 Å². The minimum atomic E-state index is -0.586. The molecule has 0 radical (unpaired) electrons. The highest BCUT2D eigenvalue weighted by molar-refractivity contribution is 5.89. The van der Waals surface area contributed by atoms with E-state index >= 15 is 0 Å². The minimum absolute atomic E-state index is 0.0224. The lowest BCUT2D eigenvalue weighted by atomic mass is 9.86. The number of carbonyl (C=O) groups is 1.